The first-order chi connectivity index (χ1) is 12.3. The number of benzene rings is 1. The molecular weight excluding hydrogens is 312 g/mol. The van der Waals surface area contributed by atoms with Crippen LogP contribution in [-0.2, 0) is 17.8 Å². The second-order valence-electron chi connectivity index (χ2n) is 7.23. The number of carbonyl (C=O) groups excluding carboxylic acids is 1. The van der Waals surface area contributed by atoms with Gasteiger partial charge in [-0.15, -0.1) is 0 Å². The highest BCUT2D eigenvalue weighted by molar-refractivity contribution is 5.95. The van der Waals surface area contributed by atoms with Gasteiger partial charge in [-0.2, -0.15) is 5.10 Å². The van der Waals surface area contributed by atoms with Crippen molar-refractivity contribution < 1.29 is 4.79 Å². The van der Waals surface area contributed by atoms with Crippen LogP contribution in [0.2, 0.25) is 0 Å². The van der Waals surface area contributed by atoms with Crippen molar-refractivity contribution in [1.82, 2.24) is 14.7 Å². The Morgan fingerprint density at radius 2 is 1.96 bits per heavy atom. The fraction of sp³-hybridized carbons (Fsp3) is 0.500. The Labute approximate surface area is 149 Å². The van der Waals surface area contributed by atoms with Crippen LogP contribution in [0.5, 0.6) is 0 Å². The molecule has 1 fully saturated rings. The van der Waals surface area contributed by atoms with Crippen molar-refractivity contribution in [2.24, 2.45) is 5.92 Å². The minimum Gasteiger partial charge on any atom is -0.311 e. The summed E-state index contributed by atoms with van der Waals surface area (Å²) in [6.45, 7) is 4.41. The summed E-state index contributed by atoms with van der Waals surface area (Å²) >= 11 is 0. The fourth-order valence-electron chi connectivity index (χ4n) is 4.07. The van der Waals surface area contributed by atoms with Gasteiger partial charge in [0, 0.05) is 31.2 Å². The van der Waals surface area contributed by atoms with Gasteiger partial charge < -0.3 is 4.90 Å². The molecule has 0 atom stereocenters. The minimum atomic E-state index is 0.248. The van der Waals surface area contributed by atoms with E-state index in [-0.39, 0.29) is 5.91 Å². The number of aryl methyl sites for hydroxylation is 1. The summed E-state index contributed by atoms with van der Waals surface area (Å²) in [6.07, 6.45) is 8.30. The van der Waals surface area contributed by atoms with Gasteiger partial charge in [0.25, 0.3) is 0 Å². The van der Waals surface area contributed by atoms with E-state index in [9.17, 15) is 4.79 Å². The van der Waals surface area contributed by atoms with E-state index < -0.39 is 0 Å². The van der Waals surface area contributed by atoms with Crippen molar-refractivity contribution in [1.29, 1.82) is 0 Å². The Bertz CT molecular complexity index is 704. The summed E-state index contributed by atoms with van der Waals surface area (Å²) < 4.78 is 2.02. The van der Waals surface area contributed by atoms with Gasteiger partial charge in [-0.3, -0.25) is 14.4 Å². The van der Waals surface area contributed by atoms with Gasteiger partial charge in [0.15, 0.2) is 0 Å². The molecule has 5 nitrogen and oxygen atoms in total. The molecule has 25 heavy (non-hydrogen) atoms. The lowest BCUT2D eigenvalue weighted by Gasteiger charge is -2.34. The van der Waals surface area contributed by atoms with Gasteiger partial charge in [0.05, 0.1) is 6.54 Å². The summed E-state index contributed by atoms with van der Waals surface area (Å²) in [5, 5.41) is 4.30. The second-order valence-corrected chi connectivity index (χ2v) is 7.23. The Kier molecular flexibility index (Phi) is 4.83. The number of anilines is 1. The van der Waals surface area contributed by atoms with E-state index >= 15 is 0 Å². The zero-order valence-corrected chi connectivity index (χ0v) is 14.7. The average Bonchev–Trinajstić information content (AvgIpc) is 3.16. The van der Waals surface area contributed by atoms with Crippen LogP contribution < -0.4 is 4.90 Å². The maximum Gasteiger partial charge on any atom is 0.241 e. The minimum absolute atomic E-state index is 0.248. The van der Waals surface area contributed by atoms with Gasteiger partial charge in [-0.05, 0) is 62.4 Å². The van der Waals surface area contributed by atoms with Gasteiger partial charge >= 0.3 is 0 Å². The van der Waals surface area contributed by atoms with Gasteiger partial charge in [0.1, 0.15) is 0 Å². The topological polar surface area (TPSA) is 41.4 Å². The third-order valence-electron chi connectivity index (χ3n) is 5.48. The largest absolute Gasteiger partial charge is 0.311 e. The van der Waals surface area contributed by atoms with Crippen LogP contribution in [0, 0.1) is 5.92 Å². The first-order valence-corrected chi connectivity index (χ1v) is 9.37. The molecule has 0 unspecified atom stereocenters. The van der Waals surface area contributed by atoms with Crippen LogP contribution in [0.1, 0.15) is 24.8 Å². The molecule has 1 aromatic heterocycles. The lowest BCUT2D eigenvalue weighted by molar-refractivity contribution is -0.120. The van der Waals surface area contributed by atoms with E-state index in [0.29, 0.717) is 12.5 Å². The number of nitrogens with zero attached hydrogens (tertiary/aromatic N) is 4. The maximum absolute atomic E-state index is 12.8. The molecule has 0 saturated carbocycles. The van der Waals surface area contributed by atoms with E-state index in [2.05, 4.69) is 28.2 Å². The number of para-hydroxylation sites is 1. The standard InChI is InChI=1S/C20H26N4O/c25-20(24-12-3-6-18-5-1-2-7-19(18)24)16-22-13-8-17(9-14-22)15-23-11-4-10-21-23/h1-2,4-5,7,10-11,17H,3,6,8-9,12-16H2. The summed E-state index contributed by atoms with van der Waals surface area (Å²) in [4.78, 5) is 17.2. The Morgan fingerprint density at radius 3 is 2.76 bits per heavy atom. The zero-order chi connectivity index (χ0) is 17.1. The van der Waals surface area contributed by atoms with E-state index in [4.69, 9.17) is 0 Å². The molecule has 0 aliphatic carbocycles. The molecule has 0 radical (unpaired) electrons. The summed E-state index contributed by atoms with van der Waals surface area (Å²) in [7, 11) is 0. The van der Waals surface area contributed by atoms with Crippen molar-refractivity contribution in [3.63, 3.8) is 0 Å². The first kappa shape index (κ1) is 16.3. The third-order valence-corrected chi connectivity index (χ3v) is 5.48. The molecule has 0 bridgehead atoms. The number of hydrogen-bond acceptors (Lipinski definition) is 3. The second kappa shape index (κ2) is 7.40. The number of likely N-dealkylation sites (tertiary alicyclic amines) is 1. The van der Waals surface area contributed by atoms with Crippen LogP contribution in [0.15, 0.2) is 42.7 Å². The Morgan fingerprint density at radius 1 is 1.12 bits per heavy atom. The molecule has 132 valence electrons. The van der Waals surface area contributed by atoms with Crippen LogP contribution in [0.3, 0.4) is 0 Å². The van der Waals surface area contributed by atoms with E-state index in [0.717, 1.165) is 57.5 Å². The molecule has 4 rings (SSSR count). The first-order valence-electron chi connectivity index (χ1n) is 9.37. The summed E-state index contributed by atoms with van der Waals surface area (Å²) in [5.74, 6) is 0.916. The number of carbonyl (C=O) groups is 1. The highest BCUT2D eigenvalue weighted by Gasteiger charge is 2.26. The molecule has 0 spiro atoms. The lowest BCUT2D eigenvalue weighted by atomic mass is 9.96. The van der Waals surface area contributed by atoms with Crippen LogP contribution in [0.4, 0.5) is 5.69 Å². The molecule has 1 aromatic carbocycles. The third kappa shape index (κ3) is 3.76. The van der Waals surface area contributed by atoms with Crippen LogP contribution in [0.25, 0.3) is 0 Å². The van der Waals surface area contributed by atoms with Crippen LogP contribution >= 0.6 is 0 Å². The number of hydrogen-bond donors (Lipinski definition) is 0. The molecule has 1 amide bonds. The van der Waals surface area contributed by atoms with E-state index in [1.807, 2.05) is 34.1 Å². The molecular formula is C20H26N4O. The van der Waals surface area contributed by atoms with Gasteiger partial charge in [-0.1, -0.05) is 18.2 Å². The number of piperidine rings is 1. The Hall–Kier alpha value is -2.14. The molecule has 3 heterocycles. The highest BCUT2D eigenvalue weighted by Crippen LogP contribution is 2.27. The summed E-state index contributed by atoms with van der Waals surface area (Å²) in [6, 6.07) is 10.3. The Balaban J connectivity index is 1.31. The monoisotopic (exact) mass is 338 g/mol. The zero-order valence-electron chi connectivity index (χ0n) is 14.7. The van der Waals surface area contributed by atoms with Crippen molar-refractivity contribution >= 4 is 11.6 Å². The normalized spacial score (nSPS) is 19.0. The van der Waals surface area contributed by atoms with Crippen molar-refractivity contribution in [2.45, 2.75) is 32.2 Å². The molecule has 2 aromatic rings. The quantitative estimate of drug-likeness (QED) is 0.860. The lowest BCUT2D eigenvalue weighted by Crippen LogP contribution is -2.45. The summed E-state index contributed by atoms with van der Waals surface area (Å²) in [5.41, 5.74) is 2.42. The molecule has 0 N–H and O–H groups in total. The molecule has 1 saturated heterocycles. The molecule has 2 aliphatic heterocycles. The highest BCUT2D eigenvalue weighted by atomic mass is 16.2. The SMILES string of the molecule is O=C(CN1CCC(Cn2cccn2)CC1)N1CCCc2ccccc21. The van der Waals surface area contributed by atoms with Gasteiger partial charge in [0.2, 0.25) is 5.91 Å². The van der Waals surface area contributed by atoms with Crippen LogP contribution in [-0.4, -0.2) is 46.8 Å². The van der Waals surface area contributed by atoms with Gasteiger partial charge in [-0.25, -0.2) is 0 Å². The smallest absolute Gasteiger partial charge is 0.241 e. The number of amides is 1. The number of fused-ring (bicyclic) bond motifs is 1. The molecule has 5 heteroatoms. The van der Waals surface area contributed by atoms with Crippen molar-refractivity contribution in [3.05, 3.63) is 48.3 Å². The van der Waals surface area contributed by atoms with Crippen molar-refractivity contribution in [2.75, 3.05) is 31.1 Å². The predicted molar refractivity (Wildman–Crippen MR) is 98.5 cm³/mol. The fourth-order valence-corrected chi connectivity index (χ4v) is 4.07. The van der Waals surface area contributed by atoms with E-state index in [1.165, 1.54) is 5.56 Å². The molecule has 2 aliphatic rings. The van der Waals surface area contributed by atoms with Crippen molar-refractivity contribution in [3.8, 4) is 0 Å². The number of aromatic nitrogens is 2. The maximum atomic E-state index is 12.8. The predicted octanol–water partition coefficient (Wildman–Crippen LogP) is 2.57. The number of rotatable bonds is 4. The average molecular weight is 338 g/mol. The van der Waals surface area contributed by atoms with E-state index in [1.54, 1.807) is 0 Å².